The van der Waals surface area contributed by atoms with Gasteiger partial charge in [-0.05, 0) is 12.5 Å². The van der Waals surface area contributed by atoms with E-state index in [2.05, 4.69) is 9.97 Å². The van der Waals surface area contributed by atoms with Gasteiger partial charge in [0.2, 0.25) is 5.71 Å². The molecule has 3 nitrogen and oxygen atoms in total. The maximum absolute atomic E-state index is 6.07. The first-order chi connectivity index (χ1) is 8.25. The third kappa shape index (κ3) is 1.68. The number of aryl methyl sites for hydroxylation is 1. The summed E-state index contributed by atoms with van der Waals surface area (Å²) in [7, 11) is 0. The highest BCUT2D eigenvalue weighted by atomic mass is 35.5. The molecule has 0 atom stereocenters. The predicted molar refractivity (Wildman–Crippen MR) is 67.0 cm³/mol. The number of fused-ring (bicyclic) bond motifs is 1. The molecule has 3 rings (SSSR count). The average Bonchev–Trinajstić information content (AvgIpc) is 2.75. The molecule has 0 aliphatic carbocycles. The van der Waals surface area contributed by atoms with Gasteiger partial charge in [-0.2, -0.15) is 0 Å². The topological polar surface area (TPSA) is 38.9 Å². The zero-order valence-electron chi connectivity index (χ0n) is 9.14. The Morgan fingerprint density at radius 2 is 1.88 bits per heavy atom. The van der Waals surface area contributed by atoms with Crippen molar-refractivity contribution in [2.75, 3.05) is 0 Å². The Bertz CT molecular complexity index is 673. The van der Waals surface area contributed by atoms with E-state index in [-0.39, 0.29) is 0 Å². The second-order valence-electron chi connectivity index (χ2n) is 3.86. The zero-order valence-corrected chi connectivity index (χ0v) is 9.90. The lowest BCUT2D eigenvalue weighted by Gasteiger charge is -1.99. The fourth-order valence-electron chi connectivity index (χ4n) is 1.78. The molecule has 2 heterocycles. The van der Waals surface area contributed by atoms with E-state index in [4.69, 9.17) is 16.0 Å². The molecular weight excluding hydrogens is 236 g/mol. The summed E-state index contributed by atoms with van der Waals surface area (Å²) in [4.78, 5) is 8.02. The van der Waals surface area contributed by atoms with Crippen LogP contribution in [0.4, 0.5) is 0 Å². The van der Waals surface area contributed by atoms with Gasteiger partial charge in [-0.3, -0.25) is 0 Å². The van der Waals surface area contributed by atoms with Gasteiger partial charge in [0.05, 0.1) is 5.39 Å². The third-order valence-electron chi connectivity index (χ3n) is 2.69. The highest BCUT2D eigenvalue weighted by molar-refractivity contribution is 6.35. The van der Waals surface area contributed by atoms with Crippen LogP contribution in [0.15, 0.2) is 41.3 Å². The SMILES string of the molecule is Cc1ccc(-c2coc3ncnc(Cl)c23)cc1. The van der Waals surface area contributed by atoms with Crippen molar-refractivity contribution in [2.45, 2.75) is 6.92 Å². The summed E-state index contributed by atoms with van der Waals surface area (Å²) < 4.78 is 5.38. The first-order valence-corrected chi connectivity index (χ1v) is 5.58. The monoisotopic (exact) mass is 244 g/mol. The van der Waals surface area contributed by atoms with Gasteiger partial charge in [0.15, 0.2) is 0 Å². The van der Waals surface area contributed by atoms with Crippen LogP contribution >= 0.6 is 11.6 Å². The standard InChI is InChI=1S/C13H9ClN2O/c1-8-2-4-9(5-3-8)10-6-17-13-11(10)12(14)15-7-16-13/h2-7H,1H3. The minimum Gasteiger partial charge on any atom is -0.445 e. The Kier molecular flexibility index (Phi) is 2.34. The maximum Gasteiger partial charge on any atom is 0.231 e. The van der Waals surface area contributed by atoms with E-state index in [1.165, 1.54) is 11.9 Å². The first kappa shape index (κ1) is 10.3. The molecule has 17 heavy (non-hydrogen) atoms. The van der Waals surface area contributed by atoms with Gasteiger partial charge >= 0.3 is 0 Å². The summed E-state index contributed by atoms with van der Waals surface area (Å²) >= 11 is 6.07. The molecule has 0 bridgehead atoms. The van der Waals surface area contributed by atoms with Crippen molar-refractivity contribution < 1.29 is 4.42 Å². The molecule has 0 unspecified atom stereocenters. The van der Waals surface area contributed by atoms with Gasteiger partial charge in [0.1, 0.15) is 17.7 Å². The number of halogens is 1. The fraction of sp³-hybridized carbons (Fsp3) is 0.0769. The molecule has 0 aliphatic rings. The van der Waals surface area contributed by atoms with Gasteiger partial charge in [0.25, 0.3) is 0 Å². The molecule has 84 valence electrons. The van der Waals surface area contributed by atoms with Gasteiger partial charge in [-0.15, -0.1) is 0 Å². The largest absolute Gasteiger partial charge is 0.445 e. The number of hydrogen-bond donors (Lipinski definition) is 0. The van der Waals surface area contributed by atoms with Crippen molar-refractivity contribution >= 4 is 22.7 Å². The number of hydrogen-bond acceptors (Lipinski definition) is 3. The molecule has 2 aromatic heterocycles. The van der Waals surface area contributed by atoms with Crippen molar-refractivity contribution in [2.24, 2.45) is 0 Å². The number of benzene rings is 1. The van der Waals surface area contributed by atoms with Gasteiger partial charge < -0.3 is 4.42 Å². The van der Waals surface area contributed by atoms with Crippen molar-refractivity contribution in [1.29, 1.82) is 0 Å². The molecule has 0 radical (unpaired) electrons. The average molecular weight is 245 g/mol. The Balaban J connectivity index is 2.27. The molecule has 3 aromatic rings. The molecular formula is C13H9ClN2O. The summed E-state index contributed by atoms with van der Waals surface area (Å²) in [6, 6.07) is 8.16. The van der Waals surface area contributed by atoms with Crippen molar-refractivity contribution in [1.82, 2.24) is 9.97 Å². The van der Waals surface area contributed by atoms with Gasteiger partial charge in [-0.25, -0.2) is 9.97 Å². The van der Waals surface area contributed by atoms with E-state index < -0.39 is 0 Å². The lowest BCUT2D eigenvalue weighted by Crippen LogP contribution is -1.82. The molecule has 1 aromatic carbocycles. The van der Waals surface area contributed by atoms with Crippen LogP contribution in [-0.2, 0) is 0 Å². The minimum atomic E-state index is 0.416. The van der Waals surface area contributed by atoms with Crippen LogP contribution in [0.3, 0.4) is 0 Å². The molecule has 0 fully saturated rings. The number of rotatable bonds is 1. The smallest absolute Gasteiger partial charge is 0.231 e. The summed E-state index contributed by atoms with van der Waals surface area (Å²) in [6.07, 6.45) is 3.06. The van der Waals surface area contributed by atoms with E-state index in [0.29, 0.717) is 10.9 Å². The van der Waals surface area contributed by atoms with Crippen LogP contribution < -0.4 is 0 Å². The minimum absolute atomic E-state index is 0.416. The van der Waals surface area contributed by atoms with E-state index in [1.807, 2.05) is 31.2 Å². The molecule has 0 amide bonds. The van der Waals surface area contributed by atoms with Crippen LogP contribution in [0, 0.1) is 6.92 Å². The number of nitrogens with zero attached hydrogens (tertiary/aromatic N) is 2. The molecule has 0 N–H and O–H groups in total. The lowest BCUT2D eigenvalue weighted by atomic mass is 10.1. The molecule has 0 aliphatic heterocycles. The van der Waals surface area contributed by atoms with Crippen molar-refractivity contribution in [3.8, 4) is 11.1 Å². The van der Waals surface area contributed by atoms with Crippen LogP contribution in [0.25, 0.3) is 22.2 Å². The fourth-order valence-corrected chi connectivity index (χ4v) is 2.01. The predicted octanol–water partition coefficient (Wildman–Crippen LogP) is 3.85. The summed E-state index contributed by atoms with van der Waals surface area (Å²) in [6.45, 7) is 2.05. The van der Waals surface area contributed by atoms with E-state index >= 15 is 0 Å². The molecule has 0 saturated heterocycles. The Hall–Kier alpha value is -1.87. The Labute approximate surface area is 103 Å². The zero-order chi connectivity index (χ0) is 11.8. The normalized spacial score (nSPS) is 10.9. The Morgan fingerprint density at radius 1 is 1.12 bits per heavy atom. The number of aromatic nitrogens is 2. The third-order valence-corrected chi connectivity index (χ3v) is 2.97. The van der Waals surface area contributed by atoms with Crippen molar-refractivity contribution in [3.05, 3.63) is 47.6 Å². The van der Waals surface area contributed by atoms with E-state index in [1.54, 1.807) is 6.26 Å². The van der Waals surface area contributed by atoms with Crippen LogP contribution in [-0.4, -0.2) is 9.97 Å². The van der Waals surface area contributed by atoms with Crippen molar-refractivity contribution in [3.63, 3.8) is 0 Å². The van der Waals surface area contributed by atoms with Gasteiger partial charge in [0, 0.05) is 5.56 Å². The van der Waals surface area contributed by atoms with Crippen LogP contribution in [0.2, 0.25) is 5.15 Å². The highest BCUT2D eigenvalue weighted by Gasteiger charge is 2.12. The second kappa shape index (κ2) is 3.86. The highest BCUT2D eigenvalue weighted by Crippen LogP contribution is 2.33. The Morgan fingerprint density at radius 3 is 2.65 bits per heavy atom. The van der Waals surface area contributed by atoms with E-state index in [0.717, 1.165) is 16.5 Å². The summed E-state index contributed by atoms with van der Waals surface area (Å²) in [5.74, 6) is 0. The molecule has 0 saturated carbocycles. The quantitative estimate of drug-likeness (QED) is 0.611. The summed E-state index contributed by atoms with van der Waals surface area (Å²) in [5.41, 5.74) is 3.70. The lowest BCUT2D eigenvalue weighted by molar-refractivity contribution is 0.603. The summed E-state index contributed by atoms with van der Waals surface area (Å²) in [5, 5.41) is 1.18. The number of furan rings is 1. The van der Waals surface area contributed by atoms with Crippen LogP contribution in [0.1, 0.15) is 5.56 Å². The van der Waals surface area contributed by atoms with E-state index in [9.17, 15) is 0 Å². The first-order valence-electron chi connectivity index (χ1n) is 5.20. The molecule has 4 heteroatoms. The maximum atomic E-state index is 6.07. The van der Waals surface area contributed by atoms with Gasteiger partial charge in [-0.1, -0.05) is 41.4 Å². The second-order valence-corrected chi connectivity index (χ2v) is 4.22. The van der Waals surface area contributed by atoms with Crippen LogP contribution in [0.5, 0.6) is 0 Å². The molecule has 0 spiro atoms.